The second-order valence-electron chi connectivity index (χ2n) is 14.6. The van der Waals surface area contributed by atoms with Crippen LogP contribution >= 0.6 is 0 Å². The van der Waals surface area contributed by atoms with Crippen molar-refractivity contribution in [3.05, 3.63) is 167 Å². The molecule has 0 saturated carbocycles. The van der Waals surface area contributed by atoms with Crippen LogP contribution in [-0.2, 0) is 38.1 Å². The Morgan fingerprint density at radius 1 is 0.619 bits per heavy atom. The molecule has 0 bridgehead atoms. The number of anilines is 4. The average molecular weight is 829 g/mol. The third-order valence-corrected chi connectivity index (χ3v) is 9.68. The molecule has 7 radical (unpaired) electrons. The molecule has 0 aliphatic rings. The lowest BCUT2D eigenvalue weighted by Crippen LogP contribution is -2.19. The van der Waals surface area contributed by atoms with Gasteiger partial charge in [-0.05, 0) is 137 Å². The van der Waals surface area contributed by atoms with Gasteiger partial charge in [0.2, 0.25) is 0 Å². The molecule has 5 aromatic rings. The van der Waals surface area contributed by atoms with Crippen LogP contribution in [0.3, 0.4) is 0 Å². The number of aryl methyl sites for hydroxylation is 1. The highest BCUT2D eigenvalue weighted by molar-refractivity contribution is 7.28. The molecule has 63 heavy (non-hydrogen) atoms. The number of rotatable bonds is 22. The lowest BCUT2D eigenvalue weighted by atomic mass is 9.18. The van der Waals surface area contributed by atoms with E-state index < -0.39 is 6.49 Å². The van der Waals surface area contributed by atoms with Gasteiger partial charge in [-0.15, -0.1) is 0 Å². The zero-order valence-electron chi connectivity index (χ0n) is 37.0. The maximum Gasteiger partial charge on any atom is 0.158 e. The maximum absolute atomic E-state index is 11.1. The van der Waals surface area contributed by atoms with Gasteiger partial charge in [0.15, 0.2) is 25.0 Å². The van der Waals surface area contributed by atoms with E-state index in [4.69, 9.17) is 32.7 Å². The summed E-state index contributed by atoms with van der Waals surface area (Å²) in [4.78, 5) is 22.0. The Morgan fingerprint density at radius 2 is 1.08 bits per heavy atom. The van der Waals surface area contributed by atoms with Crippen molar-refractivity contribution in [2.75, 3.05) is 48.8 Å². The Hall–Kier alpha value is -6.48. The Bertz CT molecular complexity index is 2350. The minimum absolute atomic E-state index is 0.0225. The third-order valence-electron chi connectivity index (χ3n) is 9.68. The van der Waals surface area contributed by atoms with Crippen LogP contribution in [0, 0.1) is 0 Å². The Kier molecular flexibility index (Phi) is 20.9. The lowest BCUT2D eigenvalue weighted by molar-refractivity contribution is -0.113. The fourth-order valence-electron chi connectivity index (χ4n) is 6.35. The fourth-order valence-corrected chi connectivity index (χ4v) is 6.35. The van der Waals surface area contributed by atoms with Gasteiger partial charge in [-0.2, -0.15) is 0 Å². The largest absolute Gasteiger partial charge is 0.481 e. The molecule has 313 valence electrons. The van der Waals surface area contributed by atoms with Crippen LogP contribution in [0.2, 0.25) is 0 Å². The predicted octanol–water partition coefficient (Wildman–Crippen LogP) is 9.20. The molecule has 0 atom stereocenters. The van der Waals surface area contributed by atoms with E-state index in [0.29, 0.717) is 19.4 Å². The Balaban J connectivity index is 0.000000294. The van der Waals surface area contributed by atoms with Crippen molar-refractivity contribution in [3.63, 3.8) is 0 Å². The molecular formula is C50H54B5N4O4. The average Bonchev–Trinajstić information content (AvgIpc) is 3.28. The van der Waals surface area contributed by atoms with Gasteiger partial charge in [-0.1, -0.05) is 92.4 Å². The molecule has 0 aliphatic heterocycles. The highest BCUT2D eigenvalue weighted by Gasteiger charge is 2.11. The molecule has 0 fully saturated rings. The quantitative estimate of drug-likeness (QED) is 0.0180. The molecule has 8 nitrogen and oxygen atoms in total. The minimum Gasteiger partial charge on any atom is -0.481 e. The molecule has 13 heteroatoms. The highest BCUT2D eigenvalue weighted by Crippen LogP contribution is 2.31. The van der Waals surface area contributed by atoms with E-state index in [1.54, 1.807) is 44.0 Å². The molecular weight excluding hydrogens is 775 g/mol. The molecule has 0 spiro atoms. The summed E-state index contributed by atoms with van der Waals surface area (Å²) in [5, 5.41) is 12.9. The number of ketones is 2. The first-order chi connectivity index (χ1) is 30.5. The van der Waals surface area contributed by atoms with Crippen molar-refractivity contribution < 1.29 is 19.1 Å². The van der Waals surface area contributed by atoms with Gasteiger partial charge < -0.3 is 30.7 Å². The van der Waals surface area contributed by atoms with Crippen LogP contribution < -0.4 is 21.3 Å². The summed E-state index contributed by atoms with van der Waals surface area (Å²) in [6.45, 7) is 5.41. The van der Waals surface area contributed by atoms with Crippen molar-refractivity contribution in [1.29, 1.82) is 0 Å². The number of nitrogens with one attached hydrogen (secondary N) is 4. The normalized spacial score (nSPS) is 11.0. The van der Waals surface area contributed by atoms with Gasteiger partial charge in [0, 0.05) is 60.1 Å². The second-order valence-corrected chi connectivity index (χ2v) is 14.6. The zero-order valence-corrected chi connectivity index (χ0v) is 37.0. The van der Waals surface area contributed by atoms with Gasteiger partial charge in [-0.25, -0.2) is 0 Å². The summed E-state index contributed by atoms with van der Waals surface area (Å²) in [6.07, 6.45) is 16.0. The van der Waals surface area contributed by atoms with Crippen LogP contribution in [0.1, 0.15) is 59.7 Å². The number of allylic oxidation sites excluding steroid dienone is 2. The van der Waals surface area contributed by atoms with E-state index in [1.807, 2.05) is 93.0 Å². The Labute approximate surface area is 379 Å². The third kappa shape index (κ3) is 17.4. The molecule has 0 unspecified atom stereocenters. The first-order valence-corrected chi connectivity index (χ1v) is 20.9. The number of benzene rings is 5. The van der Waals surface area contributed by atoms with Crippen LogP contribution in [0.25, 0.3) is 35.4 Å². The van der Waals surface area contributed by atoms with E-state index in [-0.39, 0.29) is 18.3 Å². The summed E-state index contributed by atoms with van der Waals surface area (Å²) in [5.74, 6) is 0.0657. The first kappa shape index (κ1) is 49.2. The van der Waals surface area contributed by atoms with E-state index in [0.717, 1.165) is 73.7 Å². The zero-order chi connectivity index (χ0) is 45.4. The number of carbonyl (C=O) groups is 2. The Morgan fingerprint density at radius 3 is 1.54 bits per heavy atom. The topological polar surface area (TPSA) is 101 Å². The summed E-state index contributed by atoms with van der Waals surface area (Å²) in [5.41, 5.74) is 13.7. The monoisotopic (exact) mass is 829 g/mol. The van der Waals surface area contributed by atoms with Gasteiger partial charge >= 0.3 is 0 Å². The number of hydrogen-bond acceptors (Lipinski definition) is 8. The molecule has 0 saturated heterocycles. The molecule has 0 aromatic heterocycles. The summed E-state index contributed by atoms with van der Waals surface area (Å²) in [7, 11) is 23.1. The summed E-state index contributed by atoms with van der Waals surface area (Å²) < 4.78 is 11.2. The number of carbonyl (C=O) groups excluding carboxylic acids is 2. The van der Waals surface area contributed by atoms with Gasteiger partial charge in [0.1, 0.15) is 0 Å². The summed E-state index contributed by atoms with van der Waals surface area (Å²) in [6, 6.07) is 34.4. The van der Waals surface area contributed by atoms with E-state index >= 15 is 0 Å². The lowest BCUT2D eigenvalue weighted by Gasteiger charge is -2.17. The molecule has 0 aliphatic carbocycles. The number of ether oxygens (including phenoxy) is 2. The van der Waals surface area contributed by atoms with Crippen molar-refractivity contribution >= 4 is 95.5 Å². The SMILES string of the molecule is CCc1cc(NC)ccc1NCOC=Cc1ccc(C=CC(C)=O)cc1.[B][B]Cc1cc(NC)ccc1-c1ccc(NCOC=Cc2ccc(C=CC(C)=O)cc2)c(CB([B])[B])c1. The van der Waals surface area contributed by atoms with Crippen molar-refractivity contribution in [2.24, 2.45) is 0 Å². The molecule has 5 aromatic carbocycles. The fraction of sp³-hybridized carbons (Fsp3) is 0.200. The van der Waals surface area contributed by atoms with Gasteiger partial charge in [0.25, 0.3) is 0 Å². The van der Waals surface area contributed by atoms with E-state index in [9.17, 15) is 9.59 Å². The smallest absolute Gasteiger partial charge is 0.158 e. The maximum atomic E-state index is 11.1. The van der Waals surface area contributed by atoms with Crippen LogP contribution in [0.15, 0.2) is 128 Å². The number of hydrogen-bond donors (Lipinski definition) is 4. The molecule has 4 N–H and O–H groups in total. The highest BCUT2D eigenvalue weighted by atomic mass is 16.5. The van der Waals surface area contributed by atoms with Crippen LogP contribution in [-0.4, -0.2) is 76.0 Å². The molecule has 5 rings (SSSR count). The van der Waals surface area contributed by atoms with Crippen molar-refractivity contribution in [3.8, 4) is 11.1 Å². The molecule has 0 amide bonds. The van der Waals surface area contributed by atoms with Gasteiger partial charge in [-0.3, -0.25) is 9.59 Å². The predicted molar refractivity (Wildman–Crippen MR) is 273 cm³/mol. The minimum atomic E-state index is -0.478. The van der Waals surface area contributed by atoms with Crippen molar-refractivity contribution in [1.82, 2.24) is 0 Å². The van der Waals surface area contributed by atoms with E-state index in [2.05, 4.69) is 64.6 Å². The molecule has 0 heterocycles. The summed E-state index contributed by atoms with van der Waals surface area (Å²) >= 11 is 0. The van der Waals surface area contributed by atoms with Crippen molar-refractivity contribution in [2.45, 2.75) is 39.8 Å². The van der Waals surface area contributed by atoms with Crippen LogP contribution in [0.4, 0.5) is 22.7 Å². The van der Waals surface area contributed by atoms with Gasteiger partial charge in [0.05, 0.1) is 26.2 Å². The van der Waals surface area contributed by atoms with E-state index in [1.165, 1.54) is 19.4 Å². The first-order valence-electron chi connectivity index (χ1n) is 20.9. The second kappa shape index (κ2) is 26.8. The van der Waals surface area contributed by atoms with Crippen LogP contribution in [0.5, 0.6) is 0 Å². The standard InChI is InChI=1S/C28H28B5N2O2.C22H26N2O2/c1-20(36)3-4-21-5-7-22(8-6-21)13-14-37-19-35-28-12-9-23(15-25(28)18-33(30)31)27-11-10-26(34-2)16-24(27)17-32-29;1-4-20-15-21(23-3)11-12-22(20)24-16-26-14-13-19-9-7-18(8-10-19)6-5-17(2)25/h3-16,34-35H,17-19H2,1-2H3;5-15,23-24H,4,16H2,1-3H3.